The van der Waals surface area contributed by atoms with Gasteiger partial charge in [-0.3, -0.25) is 24.7 Å². The lowest BCUT2D eigenvalue weighted by molar-refractivity contribution is -0.150. The van der Waals surface area contributed by atoms with Crippen molar-refractivity contribution in [3.05, 3.63) is 59.8 Å². The van der Waals surface area contributed by atoms with Gasteiger partial charge in [-0.2, -0.15) is 0 Å². The number of phenolic OH excluding ortho intramolecular Hbond substituents is 1. The molecule has 1 aromatic rings. The molecule has 28 heavy (non-hydrogen) atoms. The van der Waals surface area contributed by atoms with Gasteiger partial charge in [0.05, 0.1) is 18.4 Å². The maximum atomic E-state index is 12.1. The molecule has 2 atom stereocenters. The van der Waals surface area contributed by atoms with Crippen LogP contribution in [-0.4, -0.2) is 38.2 Å². The third-order valence-corrected chi connectivity index (χ3v) is 4.30. The number of hydrogen-bond acceptors (Lipinski definition) is 7. The van der Waals surface area contributed by atoms with Crippen LogP contribution in [0.25, 0.3) is 0 Å². The maximum Gasteiger partial charge on any atom is 0.315 e. The van der Waals surface area contributed by atoms with Crippen molar-refractivity contribution >= 4 is 17.7 Å². The van der Waals surface area contributed by atoms with E-state index in [9.17, 15) is 24.7 Å². The number of allylic oxidation sites excluding steroid dienone is 5. The van der Waals surface area contributed by atoms with Crippen LogP contribution in [0, 0.1) is 11.8 Å². The Bertz CT molecular complexity index is 869. The number of hydrogen-bond donors (Lipinski definition) is 3. The smallest absolute Gasteiger partial charge is 0.315 e. The highest BCUT2D eigenvalue weighted by Gasteiger charge is 2.28. The van der Waals surface area contributed by atoms with E-state index in [1.165, 1.54) is 44.3 Å². The summed E-state index contributed by atoms with van der Waals surface area (Å²) in [5.41, 5.74) is 0.786. The number of ketones is 1. The van der Waals surface area contributed by atoms with Crippen LogP contribution in [0.2, 0.25) is 0 Å². The number of rotatable bonds is 7. The summed E-state index contributed by atoms with van der Waals surface area (Å²) in [5, 5.41) is 29.7. The average Bonchev–Trinajstić information content (AvgIpc) is 2.64. The van der Waals surface area contributed by atoms with Crippen LogP contribution in [0.4, 0.5) is 0 Å². The fourth-order valence-corrected chi connectivity index (χ4v) is 2.34. The Morgan fingerprint density at radius 3 is 2.50 bits per heavy atom. The van der Waals surface area contributed by atoms with Crippen LogP contribution in [0.5, 0.6) is 11.5 Å². The molecule has 0 amide bonds. The molecule has 0 aliphatic heterocycles. The molecule has 0 saturated heterocycles. The third kappa shape index (κ3) is 5.31. The second kappa shape index (κ2) is 9.01. The number of aliphatic carboxylic acids is 1. The first-order valence-corrected chi connectivity index (χ1v) is 8.52. The summed E-state index contributed by atoms with van der Waals surface area (Å²) in [6.45, 7) is 2.77. The molecule has 3 N–H and O–H groups in total. The second-order valence-corrected chi connectivity index (χ2v) is 6.40. The normalized spacial score (nSPS) is 16.7. The van der Waals surface area contributed by atoms with E-state index in [1.54, 1.807) is 18.2 Å². The van der Waals surface area contributed by atoms with Crippen LogP contribution < -0.4 is 4.74 Å². The minimum Gasteiger partial charge on any atom is -0.504 e. The van der Waals surface area contributed by atoms with Gasteiger partial charge in [0.1, 0.15) is 0 Å². The van der Waals surface area contributed by atoms with E-state index in [2.05, 4.69) is 0 Å². The number of hydroxylamine groups is 2. The number of carbonyl (C=O) groups excluding carboxylic acids is 2. The van der Waals surface area contributed by atoms with E-state index in [0.717, 1.165) is 5.06 Å². The Labute approximate surface area is 161 Å². The van der Waals surface area contributed by atoms with Crippen LogP contribution in [0.15, 0.2) is 54.3 Å². The number of nitrogens with zero attached hydrogens (tertiary/aromatic N) is 1. The van der Waals surface area contributed by atoms with Crippen molar-refractivity contribution in [2.75, 3.05) is 0 Å². The van der Waals surface area contributed by atoms with Crippen molar-refractivity contribution in [2.24, 2.45) is 11.8 Å². The number of carbonyl (C=O) groups is 3. The van der Waals surface area contributed by atoms with E-state index >= 15 is 0 Å². The quantitative estimate of drug-likeness (QED) is 0.282. The van der Waals surface area contributed by atoms with Crippen molar-refractivity contribution in [1.82, 2.24) is 5.06 Å². The van der Waals surface area contributed by atoms with Gasteiger partial charge >= 0.3 is 11.9 Å². The van der Waals surface area contributed by atoms with Crippen molar-refractivity contribution in [3.8, 4) is 11.5 Å². The zero-order valence-corrected chi connectivity index (χ0v) is 15.4. The third-order valence-electron chi connectivity index (χ3n) is 4.30. The lowest BCUT2D eigenvalue weighted by Gasteiger charge is -2.17. The Morgan fingerprint density at radius 1 is 1.18 bits per heavy atom. The molecule has 0 aromatic heterocycles. The van der Waals surface area contributed by atoms with Crippen molar-refractivity contribution in [1.29, 1.82) is 0 Å². The molecule has 0 bridgehead atoms. The first kappa shape index (κ1) is 20.9. The molecular weight excluding hydrogens is 366 g/mol. The van der Waals surface area contributed by atoms with E-state index in [1.807, 2.05) is 0 Å². The number of ether oxygens (including phenoxy) is 1. The van der Waals surface area contributed by atoms with Gasteiger partial charge in [-0.15, -0.1) is 0 Å². The van der Waals surface area contributed by atoms with E-state index in [-0.39, 0.29) is 23.8 Å². The zero-order chi connectivity index (χ0) is 20.8. The minimum absolute atomic E-state index is 0.0414. The molecule has 0 spiro atoms. The summed E-state index contributed by atoms with van der Waals surface area (Å²) < 4.78 is 5.13. The van der Waals surface area contributed by atoms with Gasteiger partial charge in [0.25, 0.3) is 0 Å². The lowest BCUT2D eigenvalue weighted by Crippen LogP contribution is -2.28. The van der Waals surface area contributed by atoms with Gasteiger partial charge in [0, 0.05) is 11.8 Å². The van der Waals surface area contributed by atoms with Crippen LogP contribution in [-0.2, 0) is 20.9 Å². The molecule has 8 heteroatoms. The molecule has 0 radical (unpaired) electrons. The molecule has 1 aromatic carbocycles. The summed E-state index contributed by atoms with van der Waals surface area (Å²) in [5.74, 6) is -4.49. The molecule has 0 saturated carbocycles. The molecule has 8 nitrogen and oxygen atoms in total. The molecule has 1 aliphatic carbocycles. The molecule has 0 fully saturated rings. The molecular formula is C20H21NO7. The number of aromatic hydroxyl groups is 1. The minimum atomic E-state index is -1.13. The summed E-state index contributed by atoms with van der Waals surface area (Å²) in [7, 11) is 0. The summed E-state index contributed by atoms with van der Waals surface area (Å²) in [4.78, 5) is 34.8. The largest absolute Gasteiger partial charge is 0.504 e. The van der Waals surface area contributed by atoms with Gasteiger partial charge in [-0.25, -0.2) is 0 Å². The van der Waals surface area contributed by atoms with Crippen LogP contribution in [0.1, 0.15) is 19.4 Å². The van der Waals surface area contributed by atoms with Crippen LogP contribution >= 0.6 is 0 Å². The monoisotopic (exact) mass is 387 g/mol. The fraction of sp³-hybridized carbons (Fsp3) is 0.250. The van der Waals surface area contributed by atoms with E-state index in [0.29, 0.717) is 11.1 Å². The number of esters is 1. The summed E-state index contributed by atoms with van der Waals surface area (Å²) in [6.07, 6.45) is 7.45. The van der Waals surface area contributed by atoms with Crippen molar-refractivity contribution < 1.29 is 34.5 Å². The maximum absolute atomic E-state index is 12.1. The Morgan fingerprint density at radius 2 is 1.86 bits per heavy atom. The van der Waals surface area contributed by atoms with E-state index < -0.39 is 23.8 Å². The molecule has 2 unspecified atom stereocenters. The predicted octanol–water partition coefficient (Wildman–Crippen LogP) is 2.42. The first-order valence-electron chi connectivity index (χ1n) is 8.52. The van der Waals surface area contributed by atoms with Crippen molar-refractivity contribution in [3.63, 3.8) is 0 Å². The SMILES string of the molecule is CC(C(=O)O)C(C)C(=O)Oc1cc(CN(O)C=C2C=CC=CC2=O)ccc1O. The predicted molar refractivity (Wildman–Crippen MR) is 98.4 cm³/mol. The lowest BCUT2D eigenvalue weighted by atomic mass is 9.96. The van der Waals surface area contributed by atoms with Crippen molar-refractivity contribution in [2.45, 2.75) is 20.4 Å². The summed E-state index contributed by atoms with van der Waals surface area (Å²) >= 11 is 0. The number of phenols is 1. The summed E-state index contributed by atoms with van der Waals surface area (Å²) in [6, 6.07) is 4.15. The Hall–Kier alpha value is -3.39. The van der Waals surface area contributed by atoms with Gasteiger partial charge in [0.15, 0.2) is 17.3 Å². The topological polar surface area (TPSA) is 124 Å². The molecule has 1 aliphatic rings. The van der Waals surface area contributed by atoms with E-state index in [4.69, 9.17) is 9.84 Å². The van der Waals surface area contributed by atoms with Crippen LogP contribution in [0.3, 0.4) is 0 Å². The number of carboxylic acid groups (broad SMARTS) is 1. The highest BCUT2D eigenvalue weighted by molar-refractivity contribution is 6.07. The highest BCUT2D eigenvalue weighted by atomic mass is 16.5. The molecule has 0 heterocycles. The van der Waals surface area contributed by atoms with Gasteiger partial charge in [-0.1, -0.05) is 32.1 Å². The average molecular weight is 387 g/mol. The Balaban J connectivity index is 2.10. The number of carboxylic acids is 1. The van der Waals surface area contributed by atoms with Gasteiger partial charge < -0.3 is 14.9 Å². The standard InChI is InChI=1S/C20H21NO7/c1-12(19(24)25)13(2)20(26)28-18-9-14(7-8-17(18)23)10-21(27)11-15-5-3-4-6-16(15)22/h3-9,11-13,23,27H,10H2,1-2H3,(H,24,25). The molecule has 2 rings (SSSR count). The second-order valence-electron chi connectivity index (χ2n) is 6.40. The Kier molecular flexibility index (Phi) is 6.73. The number of benzene rings is 1. The highest BCUT2D eigenvalue weighted by Crippen LogP contribution is 2.29. The zero-order valence-electron chi connectivity index (χ0n) is 15.4. The fourth-order valence-electron chi connectivity index (χ4n) is 2.34. The first-order chi connectivity index (χ1) is 13.2. The molecule has 148 valence electrons. The van der Waals surface area contributed by atoms with Gasteiger partial charge in [0.2, 0.25) is 0 Å². The van der Waals surface area contributed by atoms with Gasteiger partial charge in [-0.05, 0) is 29.8 Å².